The van der Waals surface area contributed by atoms with E-state index >= 15 is 0 Å². The van der Waals surface area contributed by atoms with Gasteiger partial charge in [-0.25, -0.2) is 0 Å². The molecule has 0 spiro atoms. The van der Waals surface area contributed by atoms with Crippen molar-refractivity contribution in [3.63, 3.8) is 0 Å². The number of anilines is 2. The van der Waals surface area contributed by atoms with Crippen LogP contribution in [0, 0.1) is 6.92 Å². The van der Waals surface area contributed by atoms with E-state index in [2.05, 4.69) is 16.0 Å². The van der Waals surface area contributed by atoms with Gasteiger partial charge in [0.2, 0.25) is 11.8 Å². The third kappa shape index (κ3) is 4.03. The van der Waals surface area contributed by atoms with Crippen LogP contribution in [0.3, 0.4) is 0 Å². The van der Waals surface area contributed by atoms with Crippen LogP contribution in [0.2, 0.25) is 5.02 Å². The molecule has 0 saturated carbocycles. The summed E-state index contributed by atoms with van der Waals surface area (Å²) in [6.45, 7) is 1.87. The Morgan fingerprint density at radius 2 is 1.96 bits per heavy atom. The number of halogens is 1. The second-order valence-corrected chi connectivity index (χ2v) is 6.52. The summed E-state index contributed by atoms with van der Waals surface area (Å²) < 4.78 is 0. The molecule has 3 amide bonds. The van der Waals surface area contributed by atoms with Crippen LogP contribution in [-0.4, -0.2) is 23.8 Å². The number of aryl methyl sites for hydroxylation is 1. The van der Waals surface area contributed by atoms with Gasteiger partial charge in [0.25, 0.3) is 5.91 Å². The van der Waals surface area contributed by atoms with E-state index in [1.54, 1.807) is 36.4 Å². The number of carbonyl (C=O) groups is 3. The van der Waals surface area contributed by atoms with Crippen LogP contribution >= 0.6 is 11.6 Å². The lowest BCUT2D eigenvalue weighted by Gasteiger charge is -2.14. The highest BCUT2D eigenvalue weighted by atomic mass is 35.5. The van der Waals surface area contributed by atoms with Crippen molar-refractivity contribution in [1.29, 1.82) is 0 Å². The van der Waals surface area contributed by atoms with E-state index in [4.69, 9.17) is 11.6 Å². The largest absolute Gasteiger partial charge is 0.340 e. The average Bonchev–Trinajstić information content (AvgIpc) is 2.73. The van der Waals surface area contributed by atoms with Crippen LogP contribution in [0.15, 0.2) is 42.5 Å². The Labute approximate surface area is 155 Å². The molecule has 0 fully saturated rings. The molecule has 0 radical (unpaired) electrons. The minimum Gasteiger partial charge on any atom is -0.340 e. The lowest BCUT2D eigenvalue weighted by Crippen LogP contribution is -2.41. The van der Waals surface area contributed by atoms with Crippen LogP contribution in [-0.2, 0) is 9.59 Å². The van der Waals surface area contributed by atoms with Gasteiger partial charge in [0.1, 0.15) is 6.04 Å². The Kier molecular flexibility index (Phi) is 5.23. The van der Waals surface area contributed by atoms with Gasteiger partial charge >= 0.3 is 0 Å². The molecule has 26 heavy (non-hydrogen) atoms. The molecule has 3 N–H and O–H groups in total. The molecule has 2 aromatic rings. The Morgan fingerprint density at radius 1 is 1.19 bits per heavy atom. The van der Waals surface area contributed by atoms with E-state index < -0.39 is 6.04 Å². The van der Waals surface area contributed by atoms with Gasteiger partial charge in [-0.15, -0.1) is 0 Å². The summed E-state index contributed by atoms with van der Waals surface area (Å²) in [5.41, 5.74) is 2.38. The maximum absolute atomic E-state index is 12.3. The molecule has 6 nitrogen and oxygen atoms in total. The summed E-state index contributed by atoms with van der Waals surface area (Å²) in [7, 11) is 0. The highest BCUT2D eigenvalue weighted by molar-refractivity contribution is 6.31. The van der Waals surface area contributed by atoms with E-state index in [0.29, 0.717) is 22.0 Å². The van der Waals surface area contributed by atoms with Gasteiger partial charge in [-0.05, 0) is 43.2 Å². The van der Waals surface area contributed by atoms with Gasteiger partial charge in [0, 0.05) is 17.1 Å². The number of benzene rings is 2. The zero-order valence-corrected chi connectivity index (χ0v) is 14.9. The molecule has 3 rings (SSSR count). The quantitative estimate of drug-likeness (QED) is 0.771. The predicted molar refractivity (Wildman–Crippen MR) is 100 cm³/mol. The van der Waals surface area contributed by atoms with E-state index in [1.807, 2.05) is 13.0 Å². The van der Waals surface area contributed by atoms with Crippen LogP contribution in [0.1, 0.15) is 28.8 Å². The molecular formula is C19H18ClN3O3. The minimum atomic E-state index is -0.776. The van der Waals surface area contributed by atoms with Crippen molar-refractivity contribution < 1.29 is 14.4 Å². The summed E-state index contributed by atoms with van der Waals surface area (Å²) in [6, 6.07) is 11.2. The van der Waals surface area contributed by atoms with Crippen molar-refractivity contribution in [2.75, 3.05) is 10.6 Å². The SMILES string of the molecule is Cc1ccc(NC(=O)CC[C@H]2NC(=O)c3ccccc3NC2=O)cc1Cl. The molecule has 1 aliphatic rings. The Bertz CT molecular complexity index is 882. The highest BCUT2D eigenvalue weighted by Gasteiger charge is 2.27. The van der Waals surface area contributed by atoms with E-state index in [0.717, 1.165) is 5.56 Å². The molecule has 2 aromatic carbocycles. The third-order valence-electron chi connectivity index (χ3n) is 4.17. The predicted octanol–water partition coefficient (Wildman–Crippen LogP) is 3.12. The first-order valence-electron chi connectivity index (χ1n) is 8.21. The fraction of sp³-hybridized carbons (Fsp3) is 0.211. The smallest absolute Gasteiger partial charge is 0.254 e. The Morgan fingerprint density at radius 3 is 2.73 bits per heavy atom. The van der Waals surface area contributed by atoms with Crippen molar-refractivity contribution in [3.05, 3.63) is 58.6 Å². The summed E-state index contributed by atoms with van der Waals surface area (Å²) in [4.78, 5) is 36.7. The van der Waals surface area contributed by atoms with Gasteiger partial charge in [-0.1, -0.05) is 29.8 Å². The number of para-hydroxylation sites is 1. The second-order valence-electron chi connectivity index (χ2n) is 6.11. The Balaban J connectivity index is 1.60. The van der Waals surface area contributed by atoms with Gasteiger partial charge in [-0.2, -0.15) is 0 Å². The zero-order valence-electron chi connectivity index (χ0n) is 14.1. The minimum absolute atomic E-state index is 0.0835. The first-order chi connectivity index (χ1) is 12.4. The lowest BCUT2D eigenvalue weighted by molar-refractivity contribution is -0.118. The summed E-state index contributed by atoms with van der Waals surface area (Å²) >= 11 is 6.04. The molecule has 1 atom stereocenters. The second kappa shape index (κ2) is 7.58. The molecule has 0 bridgehead atoms. The third-order valence-corrected chi connectivity index (χ3v) is 4.57. The van der Waals surface area contributed by atoms with Gasteiger partial charge < -0.3 is 16.0 Å². The standard InChI is InChI=1S/C19H18ClN3O3/c1-11-6-7-12(10-14(11)20)21-17(24)9-8-16-19(26)22-15-5-3-2-4-13(15)18(25)23-16/h2-7,10,16H,8-9H2,1H3,(H,21,24)(H,22,26)(H,23,25)/t16-/m1/s1. The number of hydrogen-bond acceptors (Lipinski definition) is 3. The summed E-state index contributed by atoms with van der Waals surface area (Å²) in [5.74, 6) is -0.933. The van der Waals surface area contributed by atoms with Crippen LogP contribution in [0.4, 0.5) is 11.4 Å². The molecular weight excluding hydrogens is 354 g/mol. The molecule has 0 unspecified atom stereocenters. The van der Waals surface area contributed by atoms with Crippen molar-refractivity contribution >= 4 is 40.7 Å². The molecule has 1 heterocycles. The molecule has 0 saturated heterocycles. The van der Waals surface area contributed by atoms with Gasteiger partial charge in [-0.3, -0.25) is 14.4 Å². The number of carbonyl (C=O) groups excluding carboxylic acids is 3. The molecule has 1 aliphatic heterocycles. The first-order valence-corrected chi connectivity index (χ1v) is 8.58. The van der Waals surface area contributed by atoms with Crippen molar-refractivity contribution in [3.8, 4) is 0 Å². The average molecular weight is 372 g/mol. The van der Waals surface area contributed by atoms with E-state index in [-0.39, 0.29) is 30.6 Å². The van der Waals surface area contributed by atoms with Gasteiger partial charge in [0.05, 0.1) is 11.3 Å². The molecule has 0 aliphatic carbocycles. The van der Waals surface area contributed by atoms with Crippen molar-refractivity contribution in [1.82, 2.24) is 5.32 Å². The number of rotatable bonds is 4. The van der Waals surface area contributed by atoms with Crippen LogP contribution < -0.4 is 16.0 Å². The maximum Gasteiger partial charge on any atom is 0.254 e. The van der Waals surface area contributed by atoms with E-state index in [1.165, 1.54) is 0 Å². The van der Waals surface area contributed by atoms with Crippen LogP contribution in [0.25, 0.3) is 0 Å². The summed E-state index contributed by atoms with van der Waals surface area (Å²) in [5, 5.41) is 8.69. The number of amides is 3. The summed E-state index contributed by atoms with van der Waals surface area (Å²) in [6.07, 6.45) is 0.275. The zero-order chi connectivity index (χ0) is 18.7. The molecule has 7 heteroatoms. The fourth-order valence-electron chi connectivity index (χ4n) is 2.68. The first kappa shape index (κ1) is 17.9. The van der Waals surface area contributed by atoms with Crippen LogP contribution in [0.5, 0.6) is 0 Å². The Hall–Kier alpha value is -2.86. The number of nitrogens with one attached hydrogen (secondary N) is 3. The van der Waals surface area contributed by atoms with E-state index in [9.17, 15) is 14.4 Å². The number of hydrogen-bond donors (Lipinski definition) is 3. The monoisotopic (exact) mass is 371 g/mol. The van der Waals surface area contributed by atoms with Crippen molar-refractivity contribution in [2.24, 2.45) is 0 Å². The van der Waals surface area contributed by atoms with Crippen molar-refractivity contribution in [2.45, 2.75) is 25.8 Å². The maximum atomic E-state index is 12.3. The normalized spacial score (nSPS) is 16.2. The highest BCUT2D eigenvalue weighted by Crippen LogP contribution is 2.21. The molecule has 134 valence electrons. The topological polar surface area (TPSA) is 87.3 Å². The fourth-order valence-corrected chi connectivity index (χ4v) is 2.86. The molecule has 0 aromatic heterocycles. The van der Waals surface area contributed by atoms with Gasteiger partial charge in [0.15, 0.2) is 0 Å². The number of fused-ring (bicyclic) bond motifs is 1. The lowest BCUT2D eigenvalue weighted by atomic mass is 10.1.